The third kappa shape index (κ3) is 3.36. The standard InChI is InChI=1S/C19H19N5O2/c1-13-5-3-4-6-15(13)16-10-18(24(22-16)7-8-25)21-19(26)17-9-14(11-20)12-23(17)2/h3-6,9-10,12,25H,7-8H2,1-2H3,(H,21,26). The lowest BCUT2D eigenvalue weighted by molar-refractivity contribution is 0.101. The van der Waals surface area contributed by atoms with E-state index in [4.69, 9.17) is 5.26 Å². The van der Waals surface area contributed by atoms with E-state index in [0.717, 1.165) is 16.8 Å². The van der Waals surface area contributed by atoms with Crippen LogP contribution in [0.25, 0.3) is 11.3 Å². The fraction of sp³-hybridized carbons (Fsp3) is 0.211. The van der Waals surface area contributed by atoms with Crippen molar-refractivity contribution < 1.29 is 9.90 Å². The topological polar surface area (TPSA) is 95.9 Å². The number of aromatic nitrogens is 3. The molecule has 0 aliphatic carbocycles. The van der Waals surface area contributed by atoms with Crippen LogP contribution >= 0.6 is 0 Å². The van der Waals surface area contributed by atoms with Crippen molar-refractivity contribution in [1.82, 2.24) is 14.3 Å². The molecule has 0 saturated heterocycles. The summed E-state index contributed by atoms with van der Waals surface area (Å²) in [6.07, 6.45) is 1.60. The summed E-state index contributed by atoms with van der Waals surface area (Å²) in [5.41, 5.74) is 3.54. The van der Waals surface area contributed by atoms with Gasteiger partial charge in [0.1, 0.15) is 17.6 Å². The highest BCUT2D eigenvalue weighted by atomic mass is 16.3. The molecule has 0 bridgehead atoms. The molecule has 1 aromatic carbocycles. The molecule has 26 heavy (non-hydrogen) atoms. The lowest BCUT2D eigenvalue weighted by atomic mass is 10.1. The van der Waals surface area contributed by atoms with E-state index in [0.29, 0.717) is 17.1 Å². The number of rotatable bonds is 5. The van der Waals surface area contributed by atoms with Crippen molar-refractivity contribution in [2.75, 3.05) is 11.9 Å². The van der Waals surface area contributed by atoms with Gasteiger partial charge in [-0.05, 0) is 18.6 Å². The lowest BCUT2D eigenvalue weighted by Gasteiger charge is -2.08. The summed E-state index contributed by atoms with van der Waals surface area (Å²) in [4.78, 5) is 12.6. The highest BCUT2D eigenvalue weighted by molar-refractivity contribution is 6.03. The Hall–Kier alpha value is -3.37. The van der Waals surface area contributed by atoms with Crippen LogP contribution in [-0.2, 0) is 13.6 Å². The zero-order valence-corrected chi connectivity index (χ0v) is 14.6. The number of hydrogen-bond acceptors (Lipinski definition) is 4. The maximum Gasteiger partial charge on any atom is 0.273 e. The van der Waals surface area contributed by atoms with Crippen LogP contribution in [0.2, 0.25) is 0 Å². The maximum atomic E-state index is 12.6. The van der Waals surface area contributed by atoms with E-state index < -0.39 is 0 Å². The first kappa shape index (κ1) is 17.5. The predicted molar refractivity (Wildman–Crippen MR) is 97.6 cm³/mol. The van der Waals surface area contributed by atoms with Gasteiger partial charge in [0.2, 0.25) is 0 Å². The van der Waals surface area contributed by atoms with Crippen LogP contribution in [0.15, 0.2) is 42.6 Å². The average Bonchev–Trinajstić information content (AvgIpc) is 3.19. The van der Waals surface area contributed by atoms with Crippen molar-refractivity contribution in [1.29, 1.82) is 5.26 Å². The van der Waals surface area contributed by atoms with Gasteiger partial charge in [0, 0.05) is 24.9 Å². The molecule has 2 aromatic heterocycles. The molecule has 7 heteroatoms. The van der Waals surface area contributed by atoms with Crippen molar-refractivity contribution >= 4 is 11.7 Å². The van der Waals surface area contributed by atoms with Crippen molar-refractivity contribution in [2.24, 2.45) is 7.05 Å². The molecule has 0 atom stereocenters. The predicted octanol–water partition coefficient (Wildman–Crippen LogP) is 2.31. The summed E-state index contributed by atoms with van der Waals surface area (Å²) in [6, 6.07) is 13.2. The van der Waals surface area contributed by atoms with Crippen LogP contribution < -0.4 is 5.32 Å². The maximum absolute atomic E-state index is 12.6. The van der Waals surface area contributed by atoms with Crippen molar-refractivity contribution in [2.45, 2.75) is 13.5 Å². The zero-order valence-electron chi connectivity index (χ0n) is 14.6. The number of benzene rings is 1. The van der Waals surface area contributed by atoms with Crippen LogP contribution in [0.3, 0.4) is 0 Å². The minimum atomic E-state index is -0.343. The number of nitriles is 1. The third-order valence-corrected chi connectivity index (χ3v) is 4.12. The van der Waals surface area contributed by atoms with E-state index >= 15 is 0 Å². The molecule has 3 rings (SSSR count). The number of hydrogen-bond donors (Lipinski definition) is 2. The second kappa shape index (κ2) is 7.25. The van der Waals surface area contributed by atoms with Gasteiger partial charge in [-0.2, -0.15) is 10.4 Å². The molecule has 0 spiro atoms. The fourth-order valence-electron chi connectivity index (χ4n) is 2.81. The van der Waals surface area contributed by atoms with Gasteiger partial charge in [-0.15, -0.1) is 0 Å². The van der Waals surface area contributed by atoms with Crippen LogP contribution in [0.1, 0.15) is 21.6 Å². The summed E-state index contributed by atoms with van der Waals surface area (Å²) in [6.45, 7) is 2.16. The average molecular weight is 349 g/mol. The molecule has 0 saturated carbocycles. The van der Waals surface area contributed by atoms with Crippen molar-refractivity contribution in [3.05, 3.63) is 59.4 Å². The first-order valence-corrected chi connectivity index (χ1v) is 8.16. The number of nitrogens with zero attached hydrogens (tertiary/aromatic N) is 4. The second-order valence-corrected chi connectivity index (χ2v) is 5.97. The van der Waals surface area contributed by atoms with Crippen LogP contribution in [-0.4, -0.2) is 32.0 Å². The molecular formula is C19H19N5O2. The van der Waals surface area contributed by atoms with Gasteiger partial charge >= 0.3 is 0 Å². The molecule has 0 aliphatic heterocycles. The van der Waals surface area contributed by atoms with Gasteiger partial charge < -0.3 is 15.0 Å². The lowest BCUT2D eigenvalue weighted by Crippen LogP contribution is -2.18. The third-order valence-electron chi connectivity index (χ3n) is 4.12. The molecule has 1 amide bonds. The molecule has 0 unspecified atom stereocenters. The van der Waals surface area contributed by atoms with E-state index in [9.17, 15) is 9.90 Å². The van der Waals surface area contributed by atoms with Crippen molar-refractivity contribution in [3.8, 4) is 17.3 Å². The van der Waals surface area contributed by atoms with E-state index in [-0.39, 0.29) is 19.1 Å². The van der Waals surface area contributed by atoms with Gasteiger partial charge in [-0.1, -0.05) is 24.3 Å². The molecule has 7 nitrogen and oxygen atoms in total. The first-order valence-electron chi connectivity index (χ1n) is 8.16. The van der Waals surface area contributed by atoms with E-state index in [1.54, 1.807) is 28.6 Å². The monoisotopic (exact) mass is 349 g/mol. The molecule has 0 fully saturated rings. The minimum absolute atomic E-state index is 0.0967. The van der Waals surface area contributed by atoms with E-state index in [1.165, 1.54) is 6.07 Å². The highest BCUT2D eigenvalue weighted by Gasteiger charge is 2.16. The van der Waals surface area contributed by atoms with Gasteiger partial charge in [-0.3, -0.25) is 4.79 Å². The van der Waals surface area contributed by atoms with E-state index in [1.807, 2.05) is 37.3 Å². The quantitative estimate of drug-likeness (QED) is 0.739. The Labute approximate surface area is 151 Å². The molecule has 132 valence electrons. The summed E-state index contributed by atoms with van der Waals surface area (Å²) in [7, 11) is 1.71. The number of anilines is 1. The number of nitrogens with one attached hydrogen (secondary N) is 1. The van der Waals surface area contributed by atoms with Crippen LogP contribution in [0.5, 0.6) is 0 Å². The second-order valence-electron chi connectivity index (χ2n) is 5.97. The number of carbonyl (C=O) groups is 1. The Balaban J connectivity index is 1.94. The largest absolute Gasteiger partial charge is 0.394 e. The molecule has 0 aliphatic rings. The Kier molecular flexibility index (Phi) is 4.87. The molecule has 2 N–H and O–H groups in total. The Morgan fingerprint density at radius 1 is 1.35 bits per heavy atom. The first-order chi connectivity index (χ1) is 12.5. The van der Waals surface area contributed by atoms with Gasteiger partial charge in [0.15, 0.2) is 0 Å². The number of aryl methyl sites for hydroxylation is 2. The number of amides is 1. The Bertz CT molecular complexity index is 994. The molecule has 3 aromatic rings. The van der Waals surface area contributed by atoms with Crippen molar-refractivity contribution in [3.63, 3.8) is 0 Å². The van der Waals surface area contributed by atoms with Gasteiger partial charge in [-0.25, -0.2) is 4.68 Å². The normalized spacial score (nSPS) is 10.5. The molecular weight excluding hydrogens is 330 g/mol. The number of carbonyl (C=O) groups excluding carboxylic acids is 1. The van der Waals surface area contributed by atoms with E-state index in [2.05, 4.69) is 10.4 Å². The summed E-state index contributed by atoms with van der Waals surface area (Å²) in [5, 5.41) is 25.6. The highest BCUT2D eigenvalue weighted by Crippen LogP contribution is 2.25. The SMILES string of the molecule is Cc1ccccc1-c1cc(NC(=O)c2cc(C#N)cn2C)n(CCO)n1. The van der Waals surface area contributed by atoms with Gasteiger partial charge in [0.25, 0.3) is 5.91 Å². The fourth-order valence-corrected chi connectivity index (χ4v) is 2.81. The van der Waals surface area contributed by atoms with Crippen LogP contribution in [0.4, 0.5) is 5.82 Å². The molecule has 2 heterocycles. The summed E-state index contributed by atoms with van der Waals surface area (Å²) < 4.78 is 3.16. The summed E-state index contributed by atoms with van der Waals surface area (Å²) >= 11 is 0. The van der Waals surface area contributed by atoms with Crippen LogP contribution in [0, 0.1) is 18.3 Å². The zero-order chi connectivity index (χ0) is 18.7. The Morgan fingerprint density at radius 3 is 2.77 bits per heavy atom. The number of aliphatic hydroxyl groups is 1. The van der Waals surface area contributed by atoms with Gasteiger partial charge in [0.05, 0.1) is 24.4 Å². The molecule has 0 radical (unpaired) electrons. The smallest absolute Gasteiger partial charge is 0.273 e. The number of aliphatic hydroxyl groups excluding tert-OH is 1. The Morgan fingerprint density at radius 2 is 2.12 bits per heavy atom. The summed E-state index contributed by atoms with van der Waals surface area (Å²) in [5.74, 6) is 0.145. The minimum Gasteiger partial charge on any atom is -0.394 e.